The van der Waals surface area contributed by atoms with E-state index in [1.807, 2.05) is 12.3 Å². The highest BCUT2D eigenvalue weighted by Gasteiger charge is 2.07. The summed E-state index contributed by atoms with van der Waals surface area (Å²) in [5, 5.41) is 29.3. The fourth-order valence-corrected chi connectivity index (χ4v) is 1.85. The minimum absolute atomic E-state index is 0.0338. The summed E-state index contributed by atoms with van der Waals surface area (Å²) in [6, 6.07) is 2.97. The van der Waals surface area contributed by atoms with Gasteiger partial charge in [0, 0.05) is 10.9 Å². The molecule has 6 heteroatoms. The molecule has 2 rings (SSSR count). The summed E-state index contributed by atoms with van der Waals surface area (Å²) < 4.78 is 0. The highest BCUT2D eigenvalue weighted by molar-refractivity contribution is 7.13. The average Bonchev–Trinajstić information content (AvgIpc) is 2.71. The molecule has 0 radical (unpaired) electrons. The van der Waals surface area contributed by atoms with Crippen molar-refractivity contribution in [1.29, 1.82) is 0 Å². The molecule has 17 heavy (non-hydrogen) atoms. The van der Waals surface area contributed by atoms with Crippen molar-refractivity contribution >= 4 is 22.2 Å². The molecule has 5 nitrogen and oxygen atoms in total. The van der Waals surface area contributed by atoms with E-state index in [1.54, 1.807) is 6.92 Å². The number of phenolic OH excluding ortho intramolecular Hbond substituents is 2. The third-order valence-electron chi connectivity index (χ3n) is 2.23. The van der Waals surface area contributed by atoms with Gasteiger partial charge in [0.15, 0.2) is 0 Å². The van der Waals surface area contributed by atoms with E-state index < -0.39 is 0 Å². The number of aromatic hydroxyl groups is 2. The second-order valence-corrected chi connectivity index (χ2v) is 4.39. The van der Waals surface area contributed by atoms with Crippen molar-refractivity contribution in [2.24, 2.45) is 10.2 Å². The largest absolute Gasteiger partial charge is 0.508 e. The molecule has 0 aliphatic heterocycles. The Balaban J connectivity index is 2.30. The molecule has 0 saturated carbocycles. The summed E-state index contributed by atoms with van der Waals surface area (Å²) in [4.78, 5) is 4.12. The van der Waals surface area contributed by atoms with Gasteiger partial charge in [-0.2, -0.15) is 0 Å². The molecule has 0 aliphatic carbocycles. The molecule has 1 aromatic heterocycles. The molecule has 0 saturated heterocycles. The lowest BCUT2D eigenvalue weighted by molar-refractivity contribution is 0.444. The number of hydrogen-bond donors (Lipinski definition) is 2. The summed E-state index contributed by atoms with van der Waals surface area (Å²) in [5.41, 5.74) is 1.58. The average molecular weight is 249 g/mol. The Labute approximate surface area is 102 Å². The number of benzene rings is 1. The first-order chi connectivity index (χ1) is 8.08. The van der Waals surface area contributed by atoms with E-state index in [-0.39, 0.29) is 11.5 Å². The maximum absolute atomic E-state index is 9.73. The Bertz CT molecular complexity index is 578. The zero-order valence-electron chi connectivity index (χ0n) is 9.38. The first-order valence-electron chi connectivity index (χ1n) is 4.93. The Morgan fingerprint density at radius 1 is 1.18 bits per heavy atom. The van der Waals surface area contributed by atoms with Gasteiger partial charge in [0.05, 0.1) is 5.69 Å². The van der Waals surface area contributed by atoms with Crippen LogP contribution in [0.5, 0.6) is 11.5 Å². The van der Waals surface area contributed by atoms with Gasteiger partial charge in [-0.25, -0.2) is 4.98 Å². The Kier molecular flexibility index (Phi) is 3.06. The normalized spacial score (nSPS) is 11.2. The molecular weight excluding hydrogens is 238 g/mol. The van der Waals surface area contributed by atoms with Crippen LogP contribution in [0.3, 0.4) is 0 Å². The monoisotopic (exact) mass is 249 g/mol. The van der Waals surface area contributed by atoms with Crippen LogP contribution in [0.15, 0.2) is 27.7 Å². The summed E-state index contributed by atoms with van der Waals surface area (Å²) in [5.74, 6) is -0.0337. The predicted molar refractivity (Wildman–Crippen MR) is 65.5 cm³/mol. The maximum atomic E-state index is 9.73. The number of thiazole rings is 1. The van der Waals surface area contributed by atoms with Gasteiger partial charge in [-0.15, -0.1) is 21.6 Å². The molecule has 1 heterocycles. The summed E-state index contributed by atoms with van der Waals surface area (Å²) in [6.45, 7) is 3.48. The second kappa shape index (κ2) is 4.50. The molecule has 0 atom stereocenters. The highest BCUT2D eigenvalue weighted by Crippen LogP contribution is 2.36. The molecule has 1 aromatic carbocycles. The highest BCUT2D eigenvalue weighted by atomic mass is 32.1. The lowest BCUT2D eigenvalue weighted by atomic mass is 10.2. The van der Waals surface area contributed by atoms with Crippen LogP contribution in [0.1, 0.15) is 11.3 Å². The van der Waals surface area contributed by atoms with Crippen LogP contribution in [-0.4, -0.2) is 15.2 Å². The zero-order valence-corrected chi connectivity index (χ0v) is 10.2. The lowest BCUT2D eigenvalue weighted by Gasteiger charge is -2.03. The van der Waals surface area contributed by atoms with Crippen LogP contribution in [0.2, 0.25) is 0 Å². The molecule has 0 fully saturated rings. The van der Waals surface area contributed by atoms with Crippen molar-refractivity contribution in [1.82, 2.24) is 4.98 Å². The molecule has 0 unspecified atom stereocenters. The minimum atomic E-state index is -0.0676. The van der Waals surface area contributed by atoms with Gasteiger partial charge in [-0.05, 0) is 26.0 Å². The molecule has 2 aromatic rings. The molecule has 0 bridgehead atoms. The van der Waals surface area contributed by atoms with E-state index >= 15 is 0 Å². The maximum Gasteiger partial charge on any atom is 0.230 e. The summed E-state index contributed by atoms with van der Waals surface area (Å²) in [6.07, 6.45) is 0. The van der Waals surface area contributed by atoms with Crippen molar-refractivity contribution in [3.05, 3.63) is 28.8 Å². The Hall–Kier alpha value is -1.95. The van der Waals surface area contributed by atoms with Crippen LogP contribution < -0.4 is 0 Å². The number of hydrogen-bond acceptors (Lipinski definition) is 6. The number of phenols is 2. The van der Waals surface area contributed by atoms with Crippen LogP contribution in [-0.2, 0) is 0 Å². The van der Waals surface area contributed by atoms with E-state index in [0.717, 1.165) is 5.69 Å². The number of nitrogens with zero attached hydrogens (tertiary/aromatic N) is 3. The van der Waals surface area contributed by atoms with Crippen LogP contribution in [0.25, 0.3) is 0 Å². The Morgan fingerprint density at radius 3 is 2.59 bits per heavy atom. The lowest BCUT2D eigenvalue weighted by Crippen LogP contribution is -1.76. The van der Waals surface area contributed by atoms with E-state index in [4.69, 9.17) is 0 Å². The van der Waals surface area contributed by atoms with Gasteiger partial charge < -0.3 is 10.2 Å². The fourth-order valence-electron chi connectivity index (χ4n) is 1.24. The molecule has 2 N–H and O–H groups in total. The fraction of sp³-hybridized carbons (Fsp3) is 0.182. The number of azo groups is 1. The number of rotatable bonds is 2. The van der Waals surface area contributed by atoms with Crippen molar-refractivity contribution in [2.45, 2.75) is 13.8 Å². The number of aromatic nitrogens is 1. The molecule has 0 spiro atoms. The van der Waals surface area contributed by atoms with Gasteiger partial charge in [0.2, 0.25) is 5.13 Å². The van der Waals surface area contributed by atoms with Gasteiger partial charge in [-0.1, -0.05) is 0 Å². The standard InChI is InChI=1S/C11H11N3O2S/c1-6-5-17-11(12-6)14-13-8-3-4-9(15)7(2)10(8)16/h3-5,15-16H,1-2H3. The second-order valence-electron chi connectivity index (χ2n) is 3.55. The number of aryl methyl sites for hydroxylation is 1. The van der Waals surface area contributed by atoms with E-state index in [0.29, 0.717) is 16.4 Å². The van der Waals surface area contributed by atoms with Crippen LogP contribution in [0, 0.1) is 13.8 Å². The topological polar surface area (TPSA) is 78.1 Å². The zero-order chi connectivity index (χ0) is 12.4. The first kappa shape index (κ1) is 11.5. The molecule has 0 aliphatic rings. The Morgan fingerprint density at radius 2 is 1.94 bits per heavy atom. The quantitative estimate of drug-likeness (QED) is 0.798. The first-order valence-corrected chi connectivity index (χ1v) is 5.81. The summed E-state index contributed by atoms with van der Waals surface area (Å²) >= 11 is 1.38. The van der Waals surface area contributed by atoms with Gasteiger partial charge in [-0.3, -0.25) is 0 Å². The van der Waals surface area contributed by atoms with Crippen molar-refractivity contribution in [2.75, 3.05) is 0 Å². The third-order valence-corrected chi connectivity index (χ3v) is 3.07. The van der Waals surface area contributed by atoms with Crippen LogP contribution in [0.4, 0.5) is 10.8 Å². The van der Waals surface area contributed by atoms with Crippen molar-refractivity contribution in [3.8, 4) is 11.5 Å². The molecule has 88 valence electrons. The van der Waals surface area contributed by atoms with Crippen molar-refractivity contribution < 1.29 is 10.2 Å². The van der Waals surface area contributed by atoms with Crippen molar-refractivity contribution in [3.63, 3.8) is 0 Å². The van der Waals surface area contributed by atoms with Crippen LogP contribution >= 0.6 is 11.3 Å². The third kappa shape index (κ3) is 2.42. The van der Waals surface area contributed by atoms with Gasteiger partial charge in [0.1, 0.15) is 17.2 Å². The van der Waals surface area contributed by atoms with Gasteiger partial charge in [0.25, 0.3) is 0 Å². The van der Waals surface area contributed by atoms with Gasteiger partial charge >= 0.3 is 0 Å². The van der Waals surface area contributed by atoms with E-state index in [2.05, 4.69) is 15.2 Å². The smallest absolute Gasteiger partial charge is 0.230 e. The van der Waals surface area contributed by atoms with E-state index in [9.17, 15) is 10.2 Å². The molecular formula is C11H11N3O2S. The SMILES string of the molecule is Cc1csc(N=Nc2ccc(O)c(C)c2O)n1. The molecule has 0 amide bonds. The predicted octanol–water partition coefficient (Wildman–Crippen LogP) is 3.59. The van der Waals surface area contributed by atoms with E-state index in [1.165, 1.54) is 23.5 Å². The minimum Gasteiger partial charge on any atom is -0.508 e. The summed E-state index contributed by atoms with van der Waals surface area (Å²) in [7, 11) is 0.